The van der Waals surface area contributed by atoms with Gasteiger partial charge < -0.3 is 9.47 Å². The van der Waals surface area contributed by atoms with E-state index >= 15 is 0 Å². The molecule has 0 amide bonds. The van der Waals surface area contributed by atoms with E-state index in [1.54, 1.807) is 36.4 Å². The molecule has 2 aromatic carbocycles. The summed E-state index contributed by atoms with van der Waals surface area (Å²) in [7, 11) is 0. The molecule has 0 fully saturated rings. The maximum absolute atomic E-state index is 12.0. The van der Waals surface area contributed by atoms with Gasteiger partial charge in [0.05, 0.1) is 12.2 Å². The Bertz CT molecular complexity index is 591. The van der Waals surface area contributed by atoms with Crippen LogP contribution in [0.1, 0.15) is 35.7 Å². The van der Waals surface area contributed by atoms with Crippen LogP contribution in [0, 0.1) is 0 Å². The number of esters is 1. The molecule has 0 aliphatic heterocycles. The minimum atomic E-state index is -0.352. The molecule has 0 aliphatic rings. The average molecular weight is 319 g/mol. The first-order chi connectivity index (χ1) is 10.7. The third kappa shape index (κ3) is 5.08. The Hall–Kier alpha value is -2.00. The predicted octanol–water partition coefficient (Wildman–Crippen LogP) is 4.88. The summed E-state index contributed by atoms with van der Waals surface area (Å²) in [6.45, 7) is 3.03. The van der Waals surface area contributed by atoms with Crippen molar-refractivity contribution in [1.82, 2.24) is 0 Å². The summed E-state index contributed by atoms with van der Waals surface area (Å²) in [4.78, 5) is 12.0. The highest BCUT2D eigenvalue weighted by Crippen LogP contribution is 2.15. The summed E-state index contributed by atoms with van der Waals surface area (Å²) >= 11 is 5.81. The Morgan fingerprint density at radius 2 is 1.73 bits per heavy atom. The number of benzene rings is 2. The molecule has 0 aliphatic carbocycles. The van der Waals surface area contributed by atoms with E-state index in [0.29, 0.717) is 17.2 Å². The topological polar surface area (TPSA) is 35.5 Å². The van der Waals surface area contributed by atoms with Gasteiger partial charge in [-0.1, -0.05) is 37.1 Å². The summed E-state index contributed by atoms with van der Waals surface area (Å²) in [6.07, 6.45) is 2.11. The molecular formula is C18H19ClO3. The van der Waals surface area contributed by atoms with E-state index in [1.165, 1.54) is 0 Å². The van der Waals surface area contributed by atoms with Crippen molar-refractivity contribution in [2.24, 2.45) is 0 Å². The SMILES string of the molecule is CCCCOc1ccc(C(=O)OCc2ccc(Cl)cc2)cc1. The lowest BCUT2D eigenvalue weighted by Crippen LogP contribution is -2.05. The first kappa shape index (κ1) is 16.4. The summed E-state index contributed by atoms with van der Waals surface area (Å²) < 4.78 is 10.8. The Kier molecular flexibility index (Phi) is 6.28. The molecule has 2 aromatic rings. The van der Waals surface area contributed by atoms with Crippen molar-refractivity contribution in [1.29, 1.82) is 0 Å². The fourth-order valence-electron chi connectivity index (χ4n) is 1.83. The molecule has 4 heteroatoms. The summed E-state index contributed by atoms with van der Waals surface area (Å²) in [5.41, 5.74) is 1.41. The largest absolute Gasteiger partial charge is 0.494 e. The zero-order valence-corrected chi connectivity index (χ0v) is 13.3. The van der Waals surface area contributed by atoms with E-state index in [4.69, 9.17) is 21.1 Å². The number of hydrogen-bond donors (Lipinski definition) is 0. The molecule has 0 bridgehead atoms. The maximum Gasteiger partial charge on any atom is 0.338 e. The number of halogens is 1. The second kappa shape index (κ2) is 8.44. The molecule has 0 N–H and O–H groups in total. The van der Waals surface area contributed by atoms with Crippen molar-refractivity contribution >= 4 is 17.6 Å². The summed E-state index contributed by atoms with van der Waals surface area (Å²) in [5.74, 6) is 0.415. The molecule has 3 nitrogen and oxygen atoms in total. The smallest absolute Gasteiger partial charge is 0.338 e. The molecule has 2 rings (SSSR count). The van der Waals surface area contributed by atoms with Crippen molar-refractivity contribution in [3.8, 4) is 5.75 Å². The third-order valence-corrected chi connectivity index (χ3v) is 3.39. The molecule has 0 aromatic heterocycles. The van der Waals surface area contributed by atoms with Crippen LogP contribution in [0.5, 0.6) is 5.75 Å². The highest BCUT2D eigenvalue weighted by Gasteiger charge is 2.07. The molecule has 22 heavy (non-hydrogen) atoms. The van der Waals surface area contributed by atoms with Crippen LogP contribution in [0.15, 0.2) is 48.5 Å². The van der Waals surface area contributed by atoms with Crippen LogP contribution < -0.4 is 4.74 Å². The molecule has 0 atom stereocenters. The lowest BCUT2D eigenvalue weighted by molar-refractivity contribution is 0.0472. The lowest BCUT2D eigenvalue weighted by atomic mass is 10.2. The van der Waals surface area contributed by atoms with Crippen LogP contribution in [0.25, 0.3) is 0 Å². The maximum atomic E-state index is 12.0. The Labute approximate surface area is 135 Å². The zero-order valence-electron chi connectivity index (χ0n) is 12.5. The van der Waals surface area contributed by atoms with Crippen molar-refractivity contribution in [2.45, 2.75) is 26.4 Å². The van der Waals surface area contributed by atoms with Crippen molar-refractivity contribution < 1.29 is 14.3 Å². The predicted molar refractivity (Wildman–Crippen MR) is 87.4 cm³/mol. The van der Waals surface area contributed by atoms with Gasteiger partial charge in [-0.05, 0) is 48.4 Å². The van der Waals surface area contributed by atoms with E-state index in [-0.39, 0.29) is 12.6 Å². The fraction of sp³-hybridized carbons (Fsp3) is 0.278. The average Bonchev–Trinajstić information content (AvgIpc) is 2.55. The number of carbonyl (C=O) groups is 1. The van der Waals surface area contributed by atoms with Gasteiger partial charge in [0, 0.05) is 5.02 Å². The minimum absolute atomic E-state index is 0.227. The molecule has 116 valence electrons. The van der Waals surface area contributed by atoms with Crippen LogP contribution in [-0.2, 0) is 11.3 Å². The number of rotatable bonds is 7. The van der Waals surface area contributed by atoms with Crippen molar-refractivity contribution in [2.75, 3.05) is 6.61 Å². The molecule has 0 spiro atoms. The molecule has 0 radical (unpaired) electrons. The molecule has 0 saturated heterocycles. The van der Waals surface area contributed by atoms with Gasteiger partial charge in [0.1, 0.15) is 12.4 Å². The van der Waals surface area contributed by atoms with E-state index in [2.05, 4.69) is 6.92 Å². The van der Waals surface area contributed by atoms with E-state index in [0.717, 1.165) is 24.2 Å². The Balaban J connectivity index is 1.85. The van der Waals surface area contributed by atoms with Gasteiger partial charge in [0.25, 0.3) is 0 Å². The minimum Gasteiger partial charge on any atom is -0.494 e. The standard InChI is InChI=1S/C18H19ClO3/c1-2-3-12-21-17-10-6-15(7-11-17)18(20)22-13-14-4-8-16(19)9-5-14/h4-11H,2-3,12-13H2,1H3. The van der Waals surface area contributed by atoms with Gasteiger partial charge in [-0.2, -0.15) is 0 Å². The zero-order chi connectivity index (χ0) is 15.8. The van der Waals surface area contributed by atoms with E-state index in [9.17, 15) is 4.79 Å². The van der Waals surface area contributed by atoms with Crippen molar-refractivity contribution in [3.63, 3.8) is 0 Å². The fourth-order valence-corrected chi connectivity index (χ4v) is 1.96. The van der Waals surface area contributed by atoms with Crippen molar-refractivity contribution in [3.05, 3.63) is 64.7 Å². The van der Waals surface area contributed by atoms with Gasteiger partial charge in [0.15, 0.2) is 0 Å². The number of hydrogen-bond acceptors (Lipinski definition) is 3. The highest BCUT2D eigenvalue weighted by molar-refractivity contribution is 6.30. The summed E-state index contributed by atoms with van der Waals surface area (Å²) in [5, 5.41) is 0.661. The molecule has 0 unspecified atom stereocenters. The quantitative estimate of drug-likeness (QED) is 0.539. The Morgan fingerprint density at radius 1 is 1.05 bits per heavy atom. The molecule has 0 heterocycles. The van der Waals surface area contributed by atoms with Gasteiger partial charge in [-0.3, -0.25) is 0 Å². The van der Waals surface area contributed by atoms with Gasteiger partial charge in [0.2, 0.25) is 0 Å². The first-order valence-electron chi connectivity index (χ1n) is 7.33. The monoisotopic (exact) mass is 318 g/mol. The van der Waals surface area contributed by atoms with Crippen LogP contribution in [-0.4, -0.2) is 12.6 Å². The number of ether oxygens (including phenoxy) is 2. The highest BCUT2D eigenvalue weighted by atomic mass is 35.5. The Morgan fingerprint density at radius 3 is 2.36 bits per heavy atom. The first-order valence-corrected chi connectivity index (χ1v) is 7.71. The lowest BCUT2D eigenvalue weighted by Gasteiger charge is -2.07. The third-order valence-electron chi connectivity index (χ3n) is 3.14. The summed E-state index contributed by atoms with van der Waals surface area (Å²) in [6, 6.07) is 14.2. The number of carbonyl (C=O) groups excluding carboxylic acids is 1. The number of unbranched alkanes of at least 4 members (excludes halogenated alkanes) is 1. The van der Waals surface area contributed by atoms with Crippen LogP contribution in [0.3, 0.4) is 0 Å². The second-order valence-corrected chi connectivity index (χ2v) is 5.37. The molecular weight excluding hydrogens is 300 g/mol. The van der Waals surface area contributed by atoms with Gasteiger partial charge in [-0.25, -0.2) is 4.79 Å². The van der Waals surface area contributed by atoms with E-state index in [1.807, 2.05) is 12.1 Å². The molecule has 0 saturated carbocycles. The second-order valence-electron chi connectivity index (χ2n) is 4.93. The van der Waals surface area contributed by atoms with E-state index < -0.39 is 0 Å². The van der Waals surface area contributed by atoms with Crippen LogP contribution in [0.2, 0.25) is 5.02 Å². The van der Waals surface area contributed by atoms with Gasteiger partial charge in [-0.15, -0.1) is 0 Å². The van der Waals surface area contributed by atoms with Gasteiger partial charge >= 0.3 is 5.97 Å². The van der Waals surface area contributed by atoms with Crippen LogP contribution >= 0.6 is 11.6 Å². The normalized spacial score (nSPS) is 10.3. The van der Waals surface area contributed by atoms with Crippen LogP contribution in [0.4, 0.5) is 0 Å².